The first-order valence-corrected chi connectivity index (χ1v) is 11.9. The Kier molecular flexibility index (Phi) is 6.60. The molecule has 9 nitrogen and oxygen atoms in total. The molecule has 1 amide bonds. The van der Waals surface area contributed by atoms with Gasteiger partial charge in [-0.15, -0.1) is 0 Å². The summed E-state index contributed by atoms with van der Waals surface area (Å²) in [5, 5.41) is 9.83. The number of nitrogens with zero attached hydrogens (tertiary/aromatic N) is 3. The van der Waals surface area contributed by atoms with E-state index in [1.165, 1.54) is 29.8 Å². The van der Waals surface area contributed by atoms with E-state index < -0.39 is 5.82 Å². The molecule has 2 saturated heterocycles. The number of ether oxygens (including phenoxy) is 2. The monoisotopic (exact) mass is 472 g/mol. The standard InChI is InChI=1S/C22H25FN6O3S/c23-14-1-2-16(17(9-14)32-15-5-8-31-11-15)28-19-18-21(27-12-26-19)33-22(29-18)20(30)25-10-13-3-6-24-7-4-13/h1-2,9,12-13,15,24H,3-8,10-11H2,(H,25,30)(H,26,27,28)/t15-/m0/s1. The van der Waals surface area contributed by atoms with Crippen molar-refractivity contribution in [2.45, 2.75) is 25.4 Å². The number of piperidine rings is 1. The van der Waals surface area contributed by atoms with E-state index in [0.717, 1.165) is 32.4 Å². The number of halogens is 1. The molecule has 2 fully saturated rings. The first kappa shape index (κ1) is 21.9. The Labute approximate surface area is 194 Å². The Morgan fingerprint density at radius 2 is 2.15 bits per heavy atom. The molecule has 174 valence electrons. The number of hydrogen-bond donors (Lipinski definition) is 3. The molecule has 0 bridgehead atoms. The average molecular weight is 473 g/mol. The lowest BCUT2D eigenvalue weighted by molar-refractivity contribution is 0.0944. The summed E-state index contributed by atoms with van der Waals surface area (Å²) in [5.74, 6) is 0.655. The zero-order chi connectivity index (χ0) is 22.6. The predicted octanol–water partition coefficient (Wildman–Crippen LogP) is 2.87. The first-order valence-electron chi connectivity index (χ1n) is 11.1. The molecule has 3 N–H and O–H groups in total. The van der Waals surface area contributed by atoms with Crippen LogP contribution in [0.3, 0.4) is 0 Å². The van der Waals surface area contributed by atoms with E-state index in [0.29, 0.717) is 58.3 Å². The van der Waals surface area contributed by atoms with Gasteiger partial charge < -0.3 is 25.4 Å². The summed E-state index contributed by atoms with van der Waals surface area (Å²) in [7, 11) is 0. The van der Waals surface area contributed by atoms with E-state index in [1.807, 2.05) is 0 Å². The zero-order valence-electron chi connectivity index (χ0n) is 18.0. The van der Waals surface area contributed by atoms with Crippen molar-refractivity contribution in [2.75, 3.05) is 38.2 Å². The van der Waals surface area contributed by atoms with Crippen LogP contribution in [0.4, 0.5) is 15.9 Å². The average Bonchev–Trinajstić information content (AvgIpc) is 3.50. The number of rotatable bonds is 7. The lowest BCUT2D eigenvalue weighted by Crippen LogP contribution is -2.35. The molecule has 0 unspecified atom stereocenters. The van der Waals surface area contributed by atoms with Crippen LogP contribution in [0.25, 0.3) is 10.3 Å². The van der Waals surface area contributed by atoms with Gasteiger partial charge in [0.15, 0.2) is 10.8 Å². The normalized spacial score (nSPS) is 19.0. The Hall–Kier alpha value is -2.89. The van der Waals surface area contributed by atoms with Gasteiger partial charge in [0.1, 0.15) is 34.3 Å². The SMILES string of the molecule is O=C(NCC1CCNCC1)c1nc2c(Nc3ccc(F)cc3O[C@H]3CCOC3)ncnc2s1. The molecule has 1 atom stereocenters. The molecular formula is C22H25FN6O3S. The maximum Gasteiger partial charge on any atom is 0.280 e. The van der Waals surface area contributed by atoms with Crippen molar-refractivity contribution < 1.29 is 18.7 Å². The molecular weight excluding hydrogens is 447 g/mol. The lowest BCUT2D eigenvalue weighted by atomic mass is 9.98. The van der Waals surface area contributed by atoms with Crippen molar-refractivity contribution in [3.8, 4) is 5.75 Å². The summed E-state index contributed by atoms with van der Waals surface area (Å²) >= 11 is 1.22. The maximum atomic E-state index is 13.9. The predicted molar refractivity (Wildman–Crippen MR) is 123 cm³/mol. The van der Waals surface area contributed by atoms with Crippen LogP contribution in [0.1, 0.15) is 29.1 Å². The fourth-order valence-electron chi connectivity index (χ4n) is 3.95. The number of amides is 1. The largest absolute Gasteiger partial charge is 0.486 e. The summed E-state index contributed by atoms with van der Waals surface area (Å²) in [6.45, 7) is 3.69. The van der Waals surface area contributed by atoms with Crippen LogP contribution in [0, 0.1) is 11.7 Å². The van der Waals surface area contributed by atoms with Crippen molar-refractivity contribution in [2.24, 2.45) is 5.92 Å². The zero-order valence-corrected chi connectivity index (χ0v) is 18.8. The van der Waals surface area contributed by atoms with Gasteiger partial charge in [0.05, 0.1) is 18.9 Å². The van der Waals surface area contributed by atoms with Gasteiger partial charge in [-0.3, -0.25) is 4.79 Å². The van der Waals surface area contributed by atoms with Gasteiger partial charge in [0.2, 0.25) is 0 Å². The van der Waals surface area contributed by atoms with Gasteiger partial charge in [0.25, 0.3) is 5.91 Å². The smallest absolute Gasteiger partial charge is 0.280 e. The number of anilines is 2. The number of thiazole rings is 1. The number of hydrogen-bond acceptors (Lipinski definition) is 9. The third-order valence-electron chi connectivity index (χ3n) is 5.78. The minimum Gasteiger partial charge on any atom is -0.486 e. The highest BCUT2D eigenvalue weighted by Gasteiger charge is 2.21. The molecule has 2 aromatic heterocycles. The molecule has 33 heavy (non-hydrogen) atoms. The summed E-state index contributed by atoms with van der Waals surface area (Å²) in [6.07, 6.45) is 4.13. The summed E-state index contributed by atoms with van der Waals surface area (Å²) in [6, 6.07) is 4.27. The number of benzene rings is 1. The molecule has 5 rings (SSSR count). The molecule has 1 aromatic carbocycles. The number of nitrogens with one attached hydrogen (secondary N) is 3. The highest BCUT2D eigenvalue weighted by atomic mass is 32.1. The highest BCUT2D eigenvalue weighted by molar-refractivity contribution is 7.19. The van der Waals surface area contributed by atoms with Crippen molar-refractivity contribution in [1.29, 1.82) is 0 Å². The van der Waals surface area contributed by atoms with E-state index in [1.54, 1.807) is 6.07 Å². The fourth-order valence-corrected chi connectivity index (χ4v) is 4.77. The highest BCUT2D eigenvalue weighted by Crippen LogP contribution is 2.33. The quantitative estimate of drug-likeness (QED) is 0.482. The topological polar surface area (TPSA) is 110 Å². The van der Waals surface area contributed by atoms with Crippen LogP contribution in [-0.4, -0.2) is 59.8 Å². The van der Waals surface area contributed by atoms with Crippen molar-refractivity contribution >= 4 is 39.1 Å². The second-order valence-electron chi connectivity index (χ2n) is 8.17. The minimum absolute atomic E-state index is 0.132. The first-order chi connectivity index (χ1) is 16.2. The number of fused-ring (bicyclic) bond motifs is 1. The van der Waals surface area contributed by atoms with Crippen molar-refractivity contribution in [3.63, 3.8) is 0 Å². The Bertz CT molecular complexity index is 1130. The number of carbonyl (C=O) groups excluding carboxylic acids is 1. The molecule has 11 heteroatoms. The number of aromatic nitrogens is 3. The minimum atomic E-state index is -0.399. The molecule has 0 spiro atoms. The van der Waals surface area contributed by atoms with Crippen LogP contribution in [0.2, 0.25) is 0 Å². The third-order valence-corrected chi connectivity index (χ3v) is 6.74. The molecule has 0 radical (unpaired) electrons. The van der Waals surface area contributed by atoms with Gasteiger partial charge in [-0.2, -0.15) is 0 Å². The molecule has 0 saturated carbocycles. The number of carbonyl (C=O) groups is 1. The van der Waals surface area contributed by atoms with Gasteiger partial charge in [0, 0.05) is 19.0 Å². The Morgan fingerprint density at radius 3 is 2.97 bits per heavy atom. The van der Waals surface area contributed by atoms with E-state index in [9.17, 15) is 9.18 Å². The van der Waals surface area contributed by atoms with E-state index in [-0.39, 0.29) is 12.0 Å². The maximum absolute atomic E-state index is 13.9. The van der Waals surface area contributed by atoms with Gasteiger partial charge in [-0.05, 0) is 44.0 Å². The third kappa shape index (κ3) is 5.21. The van der Waals surface area contributed by atoms with Gasteiger partial charge >= 0.3 is 0 Å². The van der Waals surface area contributed by atoms with Crippen LogP contribution < -0.4 is 20.7 Å². The van der Waals surface area contributed by atoms with Crippen LogP contribution in [0.5, 0.6) is 5.75 Å². The van der Waals surface area contributed by atoms with Gasteiger partial charge in [-0.25, -0.2) is 19.3 Å². The van der Waals surface area contributed by atoms with Crippen LogP contribution >= 0.6 is 11.3 Å². The molecule has 2 aliphatic rings. The van der Waals surface area contributed by atoms with Crippen LogP contribution in [0.15, 0.2) is 24.5 Å². The van der Waals surface area contributed by atoms with Gasteiger partial charge in [-0.1, -0.05) is 11.3 Å². The molecule has 2 aliphatic heterocycles. The summed E-state index contributed by atoms with van der Waals surface area (Å²) < 4.78 is 25.2. The van der Waals surface area contributed by atoms with E-state index in [4.69, 9.17) is 9.47 Å². The van der Waals surface area contributed by atoms with Crippen molar-refractivity contribution in [1.82, 2.24) is 25.6 Å². The molecule has 3 aromatic rings. The lowest BCUT2D eigenvalue weighted by Gasteiger charge is -2.22. The van der Waals surface area contributed by atoms with E-state index in [2.05, 4.69) is 30.9 Å². The molecule has 4 heterocycles. The Morgan fingerprint density at radius 1 is 1.27 bits per heavy atom. The second-order valence-corrected chi connectivity index (χ2v) is 9.14. The molecule has 0 aliphatic carbocycles. The van der Waals surface area contributed by atoms with E-state index >= 15 is 0 Å². The fraction of sp³-hybridized carbons (Fsp3) is 0.455. The Balaban J connectivity index is 1.34. The van der Waals surface area contributed by atoms with Crippen LogP contribution in [-0.2, 0) is 4.74 Å². The summed E-state index contributed by atoms with van der Waals surface area (Å²) in [4.78, 5) is 26.3. The second kappa shape index (κ2) is 9.94. The summed E-state index contributed by atoms with van der Waals surface area (Å²) in [5.41, 5.74) is 1.03. The van der Waals surface area contributed by atoms with Crippen molar-refractivity contribution in [3.05, 3.63) is 35.4 Å².